The summed E-state index contributed by atoms with van der Waals surface area (Å²) in [6.45, 7) is 13.0. The molecule has 1 aliphatic rings. The molecule has 1 heterocycles. The van der Waals surface area contributed by atoms with Gasteiger partial charge in [0, 0.05) is 45.9 Å². The van der Waals surface area contributed by atoms with E-state index in [0.29, 0.717) is 12.5 Å². The Morgan fingerprint density at radius 3 is 2.66 bits per heavy atom. The summed E-state index contributed by atoms with van der Waals surface area (Å²) in [6.07, 6.45) is 0.959. The van der Waals surface area contributed by atoms with E-state index in [9.17, 15) is 0 Å². The highest BCUT2D eigenvalue weighted by molar-refractivity contribution is 5.79. The summed E-state index contributed by atoms with van der Waals surface area (Å²) in [5.74, 6) is 2.25. The predicted molar refractivity (Wildman–Crippen MR) is 118 cm³/mol. The fourth-order valence-corrected chi connectivity index (χ4v) is 3.16. The SMILES string of the molecule is CCOCCCNC(=NCc1ccc(OC)cc1)NCC(C)CN1CCOCC1. The lowest BCUT2D eigenvalue weighted by Crippen LogP contribution is -2.44. The molecule has 1 aliphatic heterocycles. The fourth-order valence-electron chi connectivity index (χ4n) is 3.16. The molecule has 0 aromatic heterocycles. The minimum Gasteiger partial charge on any atom is -0.497 e. The van der Waals surface area contributed by atoms with E-state index in [0.717, 1.165) is 82.8 Å². The predicted octanol–water partition coefficient (Wildman–Crippen LogP) is 2.13. The van der Waals surface area contributed by atoms with Crippen molar-refractivity contribution >= 4 is 5.96 Å². The molecule has 1 unspecified atom stereocenters. The van der Waals surface area contributed by atoms with E-state index in [4.69, 9.17) is 19.2 Å². The number of benzene rings is 1. The Balaban J connectivity index is 1.83. The number of nitrogens with one attached hydrogen (secondary N) is 2. The summed E-state index contributed by atoms with van der Waals surface area (Å²) in [6, 6.07) is 8.04. The van der Waals surface area contributed by atoms with Crippen LogP contribution >= 0.6 is 0 Å². The average Bonchev–Trinajstić information content (AvgIpc) is 2.76. The highest BCUT2D eigenvalue weighted by Gasteiger charge is 2.14. The third-order valence-corrected chi connectivity index (χ3v) is 4.83. The largest absolute Gasteiger partial charge is 0.497 e. The quantitative estimate of drug-likeness (QED) is 0.315. The van der Waals surface area contributed by atoms with E-state index in [2.05, 4.69) is 34.6 Å². The number of methoxy groups -OCH3 is 1. The zero-order chi connectivity index (χ0) is 20.7. The van der Waals surface area contributed by atoms with Crippen molar-refractivity contribution in [3.8, 4) is 5.75 Å². The molecule has 0 bridgehead atoms. The molecular weight excluding hydrogens is 368 g/mol. The molecule has 7 nitrogen and oxygen atoms in total. The lowest BCUT2D eigenvalue weighted by Gasteiger charge is -2.29. The summed E-state index contributed by atoms with van der Waals surface area (Å²) < 4.78 is 16.1. The van der Waals surface area contributed by atoms with Gasteiger partial charge in [-0.1, -0.05) is 19.1 Å². The van der Waals surface area contributed by atoms with E-state index >= 15 is 0 Å². The normalized spacial score (nSPS) is 16.4. The molecule has 1 fully saturated rings. The first-order valence-corrected chi connectivity index (χ1v) is 10.7. The van der Waals surface area contributed by atoms with Crippen LogP contribution in [-0.2, 0) is 16.0 Å². The van der Waals surface area contributed by atoms with E-state index in [1.54, 1.807) is 7.11 Å². The average molecular weight is 407 g/mol. The molecule has 29 heavy (non-hydrogen) atoms. The van der Waals surface area contributed by atoms with Crippen molar-refractivity contribution in [3.05, 3.63) is 29.8 Å². The molecule has 0 amide bonds. The molecule has 1 aromatic carbocycles. The monoisotopic (exact) mass is 406 g/mol. The molecule has 2 N–H and O–H groups in total. The van der Waals surface area contributed by atoms with Crippen molar-refractivity contribution in [3.63, 3.8) is 0 Å². The second-order valence-corrected chi connectivity index (χ2v) is 7.39. The lowest BCUT2D eigenvalue weighted by atomic mass is 10.1. The second kappa shape index (κ2) is 14.2. The molecule has 0 aliphatic carbocycles. The van der Waals surface area contributed by atoms with Crippen LogP contribution in [0.4, 0.5) is 0 Å². The molecule has 7 heteroatoms. The van der Waals surface area contributed by atoms with Gasteiger partial charge in [-0.25, -0.2) is 4.99 Å². The number of morpholine rings is 1. The molecule has 0 spiro atoms. The zero-order valence-corrected chi connectivity index (χ0v) is 18.3. The van der Waals surface area contributed by atoms with Gasteiger partial charge >= 0.3 is 0 Å². The zero-order valence-electron chi connectivity index (χ0n) is 18.3. The summed E-state index contributed by atoms with van der Waals surface area (Å²) in [7, 11) is 1.68. The molecule has 164 valence electrons. The highest BCUT2D eigenvalue weighted by atomic mass is 16.5. The summed E-state index contributed by atoms with van der Waals surface area (Å²) in [4.78, 5) is 7.24. The number of hydrogen-bond donors (Lipinski definition) is 2. The first kappa shape index (κ1) is 23.4. The van der Waals surface area contributed by atoms with Gasteiger partial charge in [-0.2, -0.15) is 0 Å². The van der Waals surface area contributed by atoms with Crippen LogP contribution in [-0.4, -0.2) is 77.1 Å². The van der Waals surface area contributed by atoms with Gasteiger partial charge in [0.2, 0.25) is 0 Å². The van der Waals surface area contributed by atoms with Gasteiger partial charge in [-0.3, -0.25) is 4.90 Å². The topological polar surface area (TPSA) is 67.3 Å². The van der Waals surface area contributed by atoms with Crippen LogP contribution in [0, 0.1) is 5.92 Å². The maximum Gasteiger partial charge on any atom is 0.191 e. The van der Waals surface area contributed by atoms with Crippen LogP contribution in [0.25, 0.3) is 0 Å². The maximum absolute atomic E-state index is 5.44. The van der Waals surface area contributed by atoms with Gasteiger partial charge in [0.1, 0.15) is 5.75 Å². The van der Waals surface area contributed by atoms with E-state index in [1.165, 1.54) is 0 Å². The fraction of sp³-hybridized carbons (Fsp3) is 0.682. The Morgan fingerprint density at radius 1 is 1.21 bits per heavy atom. The first-order valence-electron chi connectivity index (χ1n) is 10.7. The Bertz CT molecular complexity index is 574. The van der Waals surface area contributed by atoms with Crippen molar-refractivity contribution in [1.82, 2.24) is 15.5 Å². The number of rotatable bonds is 12. The summed E-state index contributed by atoms with van der Waals surface area (Å²) in [5.41, 5.74) is 1.16. The summed E-state index contributed by atoms with van der Waals surface area (Å²) in [5, 5.41) is 6.94. The van der Waals surface area contributed by atoms with Crippen LogP contribution in [0.5, 0.6) is 5.75 Å². The molecule has 1 aromatic rings. The van der Waals surface area contributed by atoms with Crippen molar-refractivity contribution in [2.45, 2.75) is 26.8 Å². The van der Waals surface area contributed by atoms with Gasteiger partial charge in [-0.15, -0.1) is 0 Å². The van der Waals surface area contributed by atoms with Gasteiger partial charge in [-0.05, 0) is 37.0 Å². The standard InChI is InChI=1S/C22H38N4O3/c1-4-28-13-5-10-23-22(25-17-20-6-8-21(27-3)9-7-20)24-16-19(2)18-26-11-14-29-15-12-26/h6-9,19H,4-5,10-18H2,1-3H3,(H2,23,24,25). The van der Waals surface area contributed by atoms with Crippen LogP contribution in [0.15, 0.2) is 29.3 Å². The Morgan fingerprint density at radius 2 is 1.97 bits per heavy atom. The van der Waals surface area contributed by atoms with E-state index in [-0.39, 0.29) is 0 Å². The van der Waals surface area contributed by atoms with Crippen LogP contribution < -0.4 is 15.4 Å². The molecular formula is C22H38N4O3. The van der Waals surface area contributed by atoms with Crippen molar-refractivity contribution < 1.29 is 14.2 Å². The second-order valence-electron chi connectivity index (χ2n) is 7.39. The van der Waals surface area contributed by atoms with Crippen molar-refractivity contribution in [1.29, 1.82) is 0 Å². The molecule has 1 atom stereocenters. The maximum atomic E-state index is 5.44. The van der Waals surface area contributed by atoms with Crippen molar-refractivity contribution in [2.75, 3.05) is 66.3 Å². The number of aliphatic imine (C=N–C) groups is 1. The molecule has 0 saturated carbocycles. The van der Waals surface area contributed by atoms with Crippen LogP contribution in [0.3, 0.4) is 0 Å². The third kappa shape index (κ3) is 9.96. The minimum absolute atomic E-state index is 0.532. The van der Waals surface area contributed by atoms with Gasteiger partial charge < -0.3 is 24.8 Å². The van der Waals surface area contributed by atoms with Crippen LogP contribution in [0.1, 0.15) is 25.8 Å². The smallest absolute Gasteiger partial charge is 0.191 e. The Hall–Kier alpha value is -1.83. The minimum atomic E-state index is 0.532. The highest BCUT2D eigenvalue weighted by Crippen LogP contribution is 2.11. The van der Waals surface area contributed by atoms with Crippen LogP contribution in [0.2, 0.25) is 0 Å². The summed E-state index contributed by atoms with van der Waals surface area (Å²) >= 11 is 0. The Kier molecular flexibility index (Phi) is 11.5. The number of ether oxygens (including phenoxy) is 3. The molecule has 0 radical (unpaired) electrons. The van der Waals surface area contributed by atoms with Gasteiger partial charge in [0.05, 0.1) is 26.9 Å². The number of nitrogens with zero attached hydrogens (tertiary/aromatic N) is 2. The molecule has 1 saturated heterocycles. The van der Waals surface area contributed by atoms with E-state index in [1.807, 2.05) is 19.1 Å². The van der Waals surface area contributed by atoms with Crippen molar-refractivity contribution in [2.24, 2.45) is 10.9 Å². The molecule has 2 rings (SSSR count). The third-order valence-electron chi connectivity index (χ3n) is 4.83. The van der Waals surface area contributed by atoms with Gasteiger partial charge in [0.25, 0.3) is 0 Å². The first-order chi connectivity index (χ1) is 14.2. The lowest BCUT2D eigenvalue weighted by molar-refractivity contribution is 0.0320. The number of hydrogen-bond acceptors (Lipinski definition) is 5. The number of guanidine groups is 1. The van der Waals surface area contributed by atoms with Gasteiger partial charge in [0.15, 0.2) is 5.96 Å². The Labute approximate surface area is 175 Å². The van der Waals surface area contributed by atoms with E-state index < -0.39 is 0 Å².